The Morgan fingerprint density at radius 3 is 2.53 bits per heavy atom. The van der Waals surface area contributed by atoms with Crippen LogP contribution in [0.25, 0.3) is 0 Å². The molecule has 0 saturated heterocycles. The number of nitrogens with zero attached hydrogens (tertiary/aromatic N) is 2. The van der Waals surface area contributed by atoms with Gasteiger partial charge in [-0.1, -0.05) is 37.3 Å². The van der Waals surface area contributed by atoms with E-state index in [1.165, 1.54) is 4.68 Å². The van der Waals surface area contributed by atoms with E-state index in [-0.39, 0.29) is 0 Å². The smallest absolute Gasteiger partial charge is 0.336 e. The zero-order valence-corrected chi connectivity index (χ0v) is 9.58. The van der Waals surface area contributed by atoms with Gasteiger partial charge in [0.25, 0.3) is 0 Å². The highest BCUT2D eigenvalue weighted by molar-refractivity contribution is 5.81. The lowest BCUT2D eigenvalue weighted by Gasteiger charge is -2.29. The molecule has 2 aromatic rings. The van der Waals surface area contributed by atoms with E-state index in [9.17, 15) is 9.90 Å². The number of benzene rings is 1. The van der Waals surface area contributed by atoms with E-state index >= 15 is 0 Å². The zero-order valence-electron chi connectivity index (χ0n) is 9.58. The van der Waals surface area contributed by atoms with Crippen molar-refractivity contribution in [1.29, 1.82) is 0 Å². The van der Waals surface area contributed by atoms with E-state index in [1.807, 2.05) is 37.3 Å². The molecule has 0 bridgehead atoms. The van der Waals surface area contributed by atoms with Crippen LogP contribution in [0.5, 0.6) is 0 Å². The molecule has 0 aliphatic carbocycles. The lowest BCUT2D eigenvalue weighted by molar-refractivity contribution is -0.146. The number of hydrogen-bond donors (Lipinski definition) is 1. The fourth-order valence-corrected chi connectivity index (χ4v) is 2.08. The molecule has 0 saturated carbocycles. The van der Waals surface area contributed by atoms with E-state index < -0.39 is 11.5 Å². The summed E-state index contributed by atoms with van der Waals surface area (Å²) in [6.45, 7) is 1.85. The second kappa shape index (κ2) is 4.41. The Labute approximate surface area is 99.5 Å². The van der Waals surface area contributed by atoms with Crippen LogP contribution in [0.3, 0.4) is 0 Å². The molecule has 0 fully saturated rings. The van der Waals surface area contributed by atoms with Crippen molar-refractivity contribution in [1.82, 2.24) is 9.78 Å². The molecule has 0 aliphatic heterocycles. The monoisotopic (exact) mass is 230 g/mol. The normalized spacial score (nSPS) is 14.2. The SMILES string of the molecule is CCC(C(=O)O)(c1ccccc1)n1cccn1. The van der Waals surface area contributed by atoms with Crippen LogP contribution in [0.4, 0.5) is 0 Å². The molecule has 0 aliphatic rings. The predicted molar refractivity (Wildman–Crippen MR) is 63.7 cm³/mol. The first-order chi connectivity index (χ1) is 8.21. The van der Waals surface area contributed by atoms with Crippen molar-refractivity contribution in [3.8, 4) is 0 Å². The van der Waals surface area contributed by atoms with Crippen molar-refractivity contribution in [3.05, 3.63) is 54.4 Å². The summed E-state index contributed by atoms with van der Waals surface area (Å²) in [7, 11) is 0. The second-order valence-corrected chi connectivity index (χ2v) is 3.84. The van der Waals surface area contributed by atoms with Gasteiger partial charge in [-0.3, -0.25) is 4.68 Å². The van der Waals surface area contributed by atoms with Crippen molar-refractivity contribution in [2.45, 2.75) is 18.9 Å². The number of carboxylic acid groups (broad SMARTS) is 1. The second-order valence-electron chi connectivity index (χ2n) is 3.84. The standard InChI is InChI=1S/C13H14N2O2/c1-2-13(12(16)17,15-10-6-9-14-15)11-7-4-3-5-8-11/h3-10H,2H2,1H3,(H,16,17). The quantitative estimate of drug-likeness (QED) is 0.875. The van der Waals surface area contributed by atoms with Crippen LogP contribution in [-0.2, 0) is 10.3 Å². The number of hydrogen-bond acceptors (Lipinski definition) is 2. The molecule has 1 unspecified atom stereocenters. The molecule has 1 aromatic heterocycles. The highest BCUT2D eigenvalue weighted by Gasteiger charge is 2.41. The first-order valence-electron chi connectivity index (χ1n) is 5.51. The number of aromatic nitrogens is 2. The Bertz CT molecular complexity index is 493. The first-order valence-corrected chi connectivity index (χ1v) is 5.51. The van der Waals surface area contributed by atoms with Crippen molar-refractivity contribution < 1.29 is 9.90 Å². The molecular weight excluding hydrogens is 216 g/mol. The highest BCUT2D eigenvalue weighted by atomic mass is 16.4. The van der Waals surface area contributed by atoms with Gasteiger partial charge in [-0.2, -0.15) is 5.10 Å². The third kappa shape index (κ3) is 1.71. The summed E-state index contributed by atoms with van der Waals surface area (Å²) >= 11 is 0. The summed E-state index contributed by atoms with van der Waals surface area (Å²) in [4.78, 5) is 11.7. The summed E-state index contributed by atoms with van der Waals surface area (Å²) in [5.41, 5.74) is -0.385. The van der Waals surface area contributed by atoms with E-state index in [2.05, 4.69) is 5.10 Å². The van der Waals surface area contributed by atoms with Gasteiger partial charge in [0.15, 0.2) is 5.54 Å². The Kier molecular flexibility index (Phi) is 2.95. The molecule has 88 valence electrons. The van der Waals surface area contributed by atoms with Crippen LogP contribution in [0.15, 0.2) is 48.8 Å². The average molecular weight is 230 g/mol. The van der Waals surface area contributed by atoms with Gasteiger partial charge in [-0.15, -0.1) is 0 Å². The van der Waals surface area contributed by atoms with Gasteiger partial charge in [-0.05, 0) is 18.1 Å². The predicted octanol–water partition coefficient (Wildman–Crippen LogP) is 2.12. The van der Waals surface area contributed by atoms with Crippen molar-refractivity contribution >= 4 is 5.97 Å². The maximum atomic E-state index is 11.7. The third-order valence-corrected chi connectivity index (χ3v) is 3.01. The maximum absolute atomic E-state index is 11.7. The van der Waals surface area contributed by atoms with Gasteiger partial charge in [0.2, 0.25) is 0 Å². The number of rotatable bonds is 4. The molecule has 17 heavy (non-hydrogen) atoms. The Hall–Kier alpha value is -2.10. The molecule has 1 heterocycles. The highest BCUT2D eigenvalue weighted by Crippen LogP contribution is 2.29. The molecule has 1 aromatic carbocycles. The lowest BCUT2D eigenvalue weighted by atomic mass is 9.87. The fraction of sp³-hybridized carbons (Fsp3) is 0.231. The molecule has 2 rings (SSSR count). The molecule has 1 atom stereocenters. The fourth-order valence-electron chi connectivity index (χ4n) is 2.08. The van der Waals surface area contributed by atoms with E-state index in [4.69, 9.17) is 0 Å². The van der Waals surface area contributed by atoms with Crippen LogP contribution in [-0.4, -0.2) is 20.9 Å². The van der Waals surface area contributed by atoms with Gasteiger partial charge in [0.1, 0.15) is 0 Å². The van der Waals surface area contributed by atoms with Crippen molar-refractivity contribution in [3.63, 3.8) is 0 Å². The molecule has 4 nitrogen and oxygen atoms in total. The Morgan fingerprint density at radius 1 is 1.35 bits per heavy atom. The largest absolute Gasteiger partial charge is 0.479 e. The first kappa shape index (κ1) is 11.4. The molecule has 0 spiro atoms. The molecular formula is C13H14N2O2. The minimum atomic E-state index is -1.12. The molecule has 0 amide bonds. The minimum Gasteiger partial charge on any atom is -0.479 e. The summed E-state index contributed by atoms with van der Waals surface area (Å²) in [6.07, 6.45) is 3.72. The summed E-state index contributed by atoms with van der Waals surface area (Å²) in [6, 6.07) is 10.9. The number of carbonyl (C=O) groups is 1. The van der Waals surface area contributed by atoms with E-state index in [0.717, 1.165) is 5.56 Å². The Balaban J connectivity index is 2.63. The van der Waals surface area contributed by atoms with Crippen LogP contribution in [0, 0.1) is 0 Å². The van der Waals surface area contributed by atoms with Crippen molar-refractivity contribution in [2.24, 2.45) is 0 Å². The topological polar surface area (TPSA) is 55.1 Å². The molecule has 1 N–H and O–H groups in total. The Morgan fingerprint density at radius 2 is 2.06 bits per heavy atom. The maximum Gasteiger partial charge on any atom is 0.336 e. The van der Waals surface area contributed by atoms with Gasteiger partial charge in [-0.25, -0.2) is 4.79 Å². The van der Waals surface area contributed by atoms with Gasteiger partial charge < -0.3 is 5.11 Å². The summed E-state index contributed by atoms with van der Waals surface area (Å²) in [5.74, 6) is -0.894. The minimum absolute atomic E-state index is 0.439. The average Bonchev–Trinajstić information content (AvgIpc) is 2.86. The lowest BCUT2D eigenvalue weighted by Crippen LogP contribution is -2.42. The van der Waals surface area contributed by atoms with Crippen LogP contribution >= 0.6 is 0 Å². The zero-order chi connectivity index (χ0) is 12.3. The summed E-state index contributed by atoms with van der Waals surface area (Å²) < 4.78 is 1.50. The van der Waals surface area contributed by atoms with Gasteiger partial charge in [0, 0.05) is 12.4 Å². The molecule has 0 radical (unpaired) electrons. The van der Waals surface area contributed by atoms with Crippen molar-refractivity contribution in [2.75, 3.05) is 0 Å². The van der Waals surface area contributed by atoms with E-state index in [1.54, 1.807) is 18.5 Å². The number of carboxylic acids is 1. The van der Waals surface area contributed by atoms with Crippen LogP contribution < -0.4 is 0 Å². The van der Waals surface area contributed by atoms with Gasteiger partial charge in [0.05, 0.1) is 0 Å². The van der Waals surface area contributed by atoms with Crippen LogP contribution in [0.1, 0.15) is 18.9 Å². The van der Waals surface area contributed by atoms with Gasteiger partial charge >= 0.3 is 5.97 Å². The third-order valence-electron chi connectivity index (χ3n) is 3.01. The van der Waals surface area contributed by atoms with Crippen LogP contribution in [0.2, 0.25) is 0 Å². The molecule has 4 heteroatoms. The van der Waals surface area contributed by atoms with E-state index in [0.29, 0.717) is 6.42 Å². The summed E-state index contributed by atoms with van der Waals surface area (Å²) in [5, 5.41) is 13.7. The number of aliphatic carboxylic acids is 1.